The quantitative estimate of drug-likeness (QED) is 0.566. The lowest BCUT2D eigenvalue weighted by Gasteiger charge is -2.17. The number of aromatic nitrogens is 4. The van der Waals surface area contributed by atoms with E-state index in [2.05, 4.69) is 20.3 Å². The number of halogens is 1. The summed E-state index contributed by atoms with van der Waals surface area (Å²) in [4.78, 5) is 12.6. The minimum absolute atomic E-state index is 0.103. The summed E-state index contributed by atoms with van der Waals surface area (Å²) in [5, 5.41) is 12.5. The largest absolute Gasteiger partial charge is 0.382 e. The van der Waals surface area contributed by atoms with Gasteiger partial charge in [-0.25, -0.2) is 19.3 Å². The third-order valence-electron chi connectivity index (χ3n) is 4.39. The number of nitrogens with two attached hydrogens (primary N) is 1. The van der Waals surface area contributed by atoms with Gasteiger partial charge in [0.2, 0.25) is 0 Å². The van der Waals surface area contributed by atoms with E-state index in [1.165, 1.54) is 18.5 Å². The van der Waals surface area contributed by atoms with Crippen LogP contribution in [-0.2, 0) is 0 Å². The number of imidazole rings is 1. The van der Waals surface area contributed by atoms with Gasteiger partial charge in [-0.15, -0.1) is 0 Å². The molecule has 2 aromatic carbocycles. The summed E-state index contributed by atoms with van der Waals surface area (Å²) in [6, 6.07) is 15.7. The fourth-order valence-electron chi connectivity index (χ4n) is 3.09. The Kier molecular flexibility index (Phi) is 4.33. The molecule has 0 bridgehead atoms. The summed E-state index contributed by atoms with van der Waals surface area (Å²) < 4.78 is 15.8. The Morgan fingerprint density at radius 3 is 2.71 bits per heavy atom. The Hall–Kier alpha value is -3.99. The number of anilines is 2. The summed E-state index contributed by atoms with van der Waals surface area (Å²) in [5.41, 5.74) is 8.10. The van der Waals surface area contributed by atoms with Crippen LogP contribution in [0.15, 0.2) is 54.9 Å². The molecule has 0 radical (unpaired) electrons. The van der Waals surface area contributed by atoms with E-state index in [0.717, 1.165) is 5.69 Å². The van der Waals surface area contributed by atoms with Crippen LogP contribution in [-0.4, -0.2) is 19.5 Å². The van der Waals surface area contributed by atoms with Gasteiger partial charge >= 0.3 is 0 Å². The first-order chi connectivity index (χ1) is 13.6. The van der Waals surface area contributed by atoms with Crippen molar-refractivity contribution in [1.29, 1.82) is 5.26 Å². The van der Waals surface area contributed by atoms with Gasteiger partial charge in [-0.2, -0.15) is 5.26 Å². The summed E-state index contributed by atoms with van der Waals surface area (Å²) in [7, 11) is 0. The van der Waals surface area contributed by atoms with Crippen molar-refractivity contribution in [3.63, 3.8) is 0 Å². The molecule has 3 N–H and O–H groups in total. The number of benzene rings is 2. The summed E-state index contributed by atoms with van der Waals surface area (Å²) in [6.45, 7) is 1.89. The lowest BCUT2D eigenvalue weighted by Crippen LogP contribution is -2.15. The molecule has 0 amide bonds. The second-order valence-corrected chi connectivity index (χ2v) is 6.23. The molecule has 1 atom stereocenters. The van der Waals surface area contributed by atoms with E-state index in [9.17, 15) is 9.65 Å². The minimum Gasteiger partial charge on any atom is -0.382 e. The van der Waals surface area contributed by atoms with E-state index < -0.39 is 0 Å². The van der Waals surface area contributed by atoms with Crippen molar-refractivity contribution in [1.82, 2.24) is 19.5 Å². The van der Waals surface area contributed by atoms with Crippen LogP contribution in [0.3, 0.4) is 0 Å². The lowest BCUT2D eigenvalue weighted by atomic mass is 10.2. The topological polar surface area (TPSA) is 105 Å². The Morgan fingerprint density at radius 1 is 1.18 bits per heavy atom. The van der Waals surface area contributed by atoms with Gasteiger partial charge in [-0.3, -0.25) is 4.57 Å². The molecule has 4 aromatic rings. The monoisotopic (exact) mass is 373 g/mol. The molecule has 0 aliphatic heterocycles. The van der Waals surface area contributed by atoms with Crippen molar-refractivity contribution in [3.05, 3.63) is 72.1 Å². The maximum atomic E-state index is 13.9. The summed E-state index contributed by atoms with van der Waals surface area (Å²) in [5.74, 6) is 0.728. The molecule has 28 heavy (non-hydrogen) atoms. The van der Waals surface area contributed by atoms with Crippen LogP contribution in [0, 0.1) is 17.1 Å². The molecule has 4 rings (SSSR count). The Labute approximate surface area is 160 Å². The Morgan fingerprint density at radius 2 is 1.96 bits per heavy atom. The molecule has 0 aliphatic carbocycles. The van der Waals surface area contributed by atoms with Gasteiger partial charge in [0, 0.05) is 11.8 Å². The molecular formula is C20H16FN7. The van der Waals surface area contributed by atoms with Crippen molar-refractivity contribution in [2.45, 2.75) is 13.0 Å². The van der Waals surface area contributed by atoms with Gasteiger partial charge in [0.05, 0.1) is 17.1 Å². The van der Waals surface area contributed by atoms with Crippen molar-refractivity contribution >= 4 is 22.7 Å². The van der Waals surface area contributed by atoms with Gasteiger partial charge in [0.15, 0.2) is 0 Å². The third kappa shape index (κ3) is 2.99. The fourth-order valence-corrected chi connectivity index (χ4v) is 3.09. The van der Waals surface area contributed by atoms with Gasteiger partial charge in [-0.05, 0) is 31.2 Å². The van der Waals surface area contributed by atoms with Crippen LogP contribution in [0.25, 0.3) is 16.7 Å². The third-order valence-corrected chi connectivity index (χ3v) is 4.39. The minimum atomic E-state index is -0.350. The molecule has 8 heteroatoms. The van der Waals surface area contributed by atoms with Crippen LogP contribution in [0.4, 0.5) is 16.0 Å². The number of nitriles is 1. The van der Waals surface area contributed by atoms with E-state index in [1.54, 1.807) is 6.07 Å². The molecule has 7 nitrogen and oxygen atoms in total. The summed E-state index contributed by atoms with van der Waals surface area (Å²) in [6.07, 6.45) is 1.29. The molecule has 0 saturated carbocycles. The normalized spacial score (nSPS) is 11.9. The van der Waals surface area contributed by atoms with Gasteiger partial charge in [-0.1, -0.05) is 18.2 Å². The highest BCUT2D eigenvalue weighted by atomic mass is 19.1. The SMILES string of the molecule is C[C@@H](Nc1ncnc(N)c1C#N)c1nc2ccc(F)cc2n1-c1ccccc1. The predicted octanol–water partition coefficient (Wildman–Crippen LogP) is 3.58. The van der Waals surface area contributed by atoms with Crippen LogP contribution < -0.4 is 11.1 Å². The highest BCUT2D eigenvalue weighted by molar-refractivity contribution is 5.78. The number of para-hydroxylation sites is 1. The molecule has 2 aromatic heterocycles. The summed E-state index contributed by atoms with van der Waals surface area (Å²) >= 11 is 0. The van der Waals surface area contributed by atoms with Crippen molar-refractivity contribution in [2.24, 2.45) is 0 Å². The van der Waals surface area contributed by atoms with Gasteiger partial charge < -0.3 is 11.1 Å². The number of nitrogens with one attached hydrogen (secondary N) is 1. The zero-order valence-corrected chi connectivity index (χ0v) is 15.0. The van der Waals surface area contributed by atoms with Crippen molar-refractivity contribution in [3.8, 4) is 11.8 Å². The molecule has 138 valence electrons. The zero-order valence-electron chi connectivity index (χ0n) is 15.0. The van der Waals surface area contributed by atoms with Crippen molar-refractivity contribution in [2.75, 3.05) is 11.1 Å². The van der Waals surface area contributed by atoms with Crippen LogP contribution in [0.1, 0.15) is 24.4 Å². The van der Waals surface area contributed by atoms with Crippen LogP contribution in [0.5, 0.6) is 0 Å². The Balaban J connectivity index is 1.85. The number of nitrogens with zero attached hydrogens (tertiary/aromatic N) is 5. The standard InChI is InChI=1S/C20H16FN7/c1-12(26-19-15(10-22)18(23)24-11-25-19)20-27-16-8-7-13(21)9-17(16)28(20)14-5-3-2-4-6-14/h2-9,11-12H,1H3,(H3,23,24,25,26)/t12-/m1/s1. The maximum absolute atomic E-state index is 13.9. The number of hydrogen-bond acceptors (Lipinski definition) is 6. The second-order valence-electron chi connectivity index (χ2n) is 6.23. The molecule has 0 aliphatic rings. The molecule has 2 heterocycles. The molecule has 0 fully saturated rings. The van der Waals surface area contributed by atoms with E-state index in [1.807, 2.05) is 47.9 Å². The first-order valence-corrected chi connectivity index (χ1v) is 8.59. The molecular weight excluding hydrogens is 357 g/mol. The first kappa shape index (κ1) is 17.4. The smallest absolute Gasteiger partial charge is 0.150 e. The number of rotatable bonds is 4. The fraction of sp³-hybridized carbons (Fsp3) is 0.100. The lowest BCUT2D eigenvalue weighted by molar-refractivity contribution is 0.629. The average Bonchev–Trinajstić information content (AvgIpc) is 3.07. The highest BCUT2D eigenvalue weighted by Crippen LogP contribution is 2.28. The van der Waals surface area contributed by atoms with Crippen LogP contribution in [0.2, 0.25) is 0 Å². The predicted molar refractivity (Wildman–Crippen MR) is 104 cm³/mol. The van der Waals surface area contributed by atoms with E-state index in [4.69, 9.17) is 5.73 Å². The highest BCUT2D eigenvalue weighted by Gasteiger charge is 2.20. The van der Waals surface area contributed by atoms with Crippen LogP contribution >= 0.6 is 0 Å². The van der Waals surface area contributed by atoms with Gasteiger partial charge in [0.25, 0.3) is 0 Å². The molecule has 0 saturated heterocycles. The van der Waals surface area contributed by atoms with E-state index in [0.29, 0.717) is 22.7 Å². The second kappa shape index (κ2) is 6.96. The molecule has 0 unspecified atom stereocenters. The van der Waals surface area contributed by atoms with Gasteiger partial charge in [0.1, 0.15) is 41.2 Å². The average molecular weight is 373 g/mol. The molecule has 0 spiro atoms. The van der Waals surface area contributed by atoms with E-state index >= 15 is 0 Å². The zero-order chi connectivity index (χ0) is 19.7. The van der Waals surface area contributed by atoms with E-state index in [-0.39, 0.29) is 23.2 Å². The first-order valence-electron chi connectivity index (χ1n) is 8.59. The Bertz CT molecular complexity index is 1190. The number of nitrogen functional groups attached to an aromatic ring is 1. The maximum Gasteiger partial charge on any atom is 0.150 e. The number of fused-ring (bicyclic) bond motifs is 1. The van der Waals surface area contributed by atoms with Crippen molar-refractivity contribution < 1.29 is 4.39 Å². The number of hydrogen-bond donors (Lipinski definition) is 2.